The zero-order valence-corrected chi connectivity index (χ0v) is 9.48. The summed E-state index contributed by atoms with van der Waals surface area (Å²) in [6.07, 6.45) is 5.45. The van der Waals surface area contributed by atoms with Crippen molar-refractivity contribution in [3.63, 3.8) is 0 Å². The number of nitrogens with one attached hydrogen (secondary N) is 1. The lowest BCUT2D eigenvalue weighted by molar-refractivity contribution is 0.350. The molecular weight excluding hydrogens is 226 g/mol. The van der Waals surface area contributed by atoms with Crippen LogP contribution in [0.2, 0.25) is 5.15 Å². The minimum absolute atomic E-state index is 0.409. The predicted molar refractivity (Wildman–Crippen MR) is 61.5 cm³/mol. The fraction of sp³-hybridized carbons (Fsp3) is 0.500. The highest BCUT2D eigenvalue weighted by molar-refractivity contribution is 6.29. The molecule has 84 valence electrons. The third-order valence-electron chi connectivity index (χ3n) is 2.93. The molecule has 6 heteroatoms. The Morgan fingerprint density at radius 1 is 1.31 bits per heavy atom. The van der Waals surface area contributed by atoms with Gasteiger partial charge in [0.2, 0.25) is 0 Å². The molecule has 16 heavy (non-hydrogen) atoms. The number of nitrogens with zero attached hydrogens (tertiary/aromatic N) is 4. The van der Waals surface area contributed by atoms with E-state index < -0.39 is 0 Å². The van der Waals surface area contributed by atoms with E-state index in [1.54, 1.807) is 12.4 Å². The second kappa shape index (κ2) is 3.99. The number of halogens is 1. The molecule has 0 radical (unpaired) electrons. The molecule has 0 saturated carbocycles. The van der Waals surface area contributed by atoms with Gasteiger partial charge in [-0.05, 0) is 25.9 Å². The summed E-state index contributed by atoms with van der Waals surface area (Å²) in [6.45, 7) is 2.06. The van der Waals surface area contributed by atoms with Crippen LogP contribution < -0.4 is 5.32 Å². The van der Waals surface area contributed by atoms with Gasteiger partial charge < -0.3 is 5.32 Å². The third-order valence-corrected chi connectivity index (χ3v) is 3.11. The van der Waals surface area contributed by atoms with Gasteiger partial charge in [-0.2, -0.15) is 5.10 Å². The summed E-state index contributed by atoms with van der Waals surface area (Å²) in [6, 6.07) is 0.409. The standard InChI is InChI=1S/C10H12ClN5/c11-9-6-13-8-5-14-16(10(8)15-9)7-1-3-12-4-2-7/h5-7,12H,1-4H2. The molecule has 2 aromatic heterocycles. The Hall–Kier alpha value is -1.20. The largest absolute Gasteiger partial charge is 0.317 e. The normalized spacial score (nSPS) is 18.1. The molecule has 5 nitrogen and oxygen atoms in total. The molecule has 1 aliphatic rings. The van der Waals surface area contributed by atoms with Crippen LogP contribution in [0.5, 0.6) is 0 Å². The molecular formula is C10H12ClN5. The van der Waals surface area contributed by atoms with Gasteiger partial charge in [0.1, 0.15) is 10.7 Å². The molecule has 0 bridgehead atoms. The van der Waals surface area contributed by atoms with Crippen molar-refractivity contribution in [2.45, 2.75) is 18.9 Å². The smallest absolute Gasteiger partial charge is 0.178 e. The predicted octanol–water partition coefficient (Wildman–Crippen LogP) is 1.40. The van der Waals surface area contributed by atoms with Gasteiger partial charge >= 0.3 is 0 Å². The second-order valence-electron chi connectivity index (χ2n) is 3.97. The van der Waals surface area contributed by atoms with Crippen LogP contribution in [0.1, 0.15) is 18.9 Å². The number of aromatic nitrogens is 4. The van der Waals surface area contributed by atoms with Gasteiger partial charge in [0.15, 0.2) is 5.65 Å². The summed E-state index contributed by atoms with van der Waals surface area (Å²) in [4.78, 5) is 8.50. The lowest BCUT2D eigenvalue weighted by Gasteiger charge is -2.23. The first-order chi connectivity index (χ1) is 7.84. The van der Waals surface area contributed by atoms with Crippen molar-refractivity contribution < 1.29 is 0 Å². The first-order valence-electron chi connectivity index (χ1n) is 5.41. The van der Waals surface area contributed by atoms with Crippen molar-refractivity contribution >= 4 is 22.8 Å². The molecule has 0 aromatic carbocycles. The summed E-state index contributed by atoms with van der Waals surface area (Å²) >= 11 is 5.86. The summed E-state index contributed by atoms with van der Waals surface area (Å²) in [7, 11) is 0. The summed E-state index contributed by atoms with van der Waals surface area (Å²) in [5, 5.41) is 8.12. The van der Waals surface area contributed by atoms with Crippen LogP contribution in [0.4, 0.5) is 0 Å². The van der Waals surface area contributed by atoms with E-state index in [2.05, 4.69) is 20.4 Å². The maximum Gasteiger partial charge on any atom is 0.178 e. The Kier molecular flexibility index (Phi) is 2.49. The maximum absolute atomic E-state index is 5.86. The molecule has 0 unspecified atom stereocenters. The van der Waals surface area contributed by atoms with Gasteiger partial charge in [-0.1, -0.05) is 11.6 Å². The lowest BCUT2D eigenvalue weighted by atomic mass is 10.1. The fourth-order valence-electron chi connectivity index (χ4n) is 2.12. The van der Waals surface area contributed by atoms with Crippen LogP contribution in [-0.4, -0.2) is 32.8 Å². The van der Waals surface area contributed by atoms with Gasteiger partial charge in [0.05, 0.1) is 18.4 Å². The van der Waals surface area contributed by atoms with Crippen LogP contribution in [-0.2, 0) is 0 Å². The van der Waals surface area contributed by atoms with E-state index in [0.29, 0.717) is 11.2 Å². The SMILES string of the molecule is Clc1cnc2cnn(C3CCNCC3)c2n1. The summed E-state index contributed by atoms with van der Waals surface area (Å²) in [5.41, 5.74) is 1.60. The fourth-order valence-corrected chi connectivity index (χ4v) is 2.25. The topological polar surface area (TPSA) is 55.6 Å². The zero-order chi connectivity index (χ0) is 11.0. The van der Waals surface area contributed by atoms with Crippen molar-refractivity contribution in [2.24, 2.45) is 0 Å². The van der Waals surface area contributed by atoms with Crippen LogP contribution >= 0.6 is 11.6 Å². The second-order valence-corrected chi connectivity index (χ2v) is 4.36. The molecule has 2 aromatic rings. The monoisotopic (exact) mass is 237 g/mol. The minimum atomic E-state index is 0.409. The molecule has 3 heterocycles. The molecule has 1 N–H and O–H groups in total. The van der Waals surface area contributed by atoms with Crippen LogP contribution in [0.15, 0.2) is 12.4 Å². The molecule has 1 saturated heterocycles. The number of fused-ring (bicyclic) bond motifs is 1. The van der Waals surface area contributed by atoms with Gasteiger partial charge in [-0.15, -0.1) is 0 Å². The van der Waals surface area contributed by atoms with Crippen molar-refractivity contribution in [1.29, 1.82) is 0 Å². The van der Waals surface area contributed by atoms with E-state index in [-0.39, 0.29) is 0 Å². The van der Waals surface area contributed by atoms with E-state index in [4.69, 9.17) is 11.6 Å². The van der Waals surface area contributed by atoms with Crippen molar-refractivity contribution in [3.05, 3.63) is 17.5 Å². The zero-order valence-electron chi connectivity index (χ0n) is 8.73. The quantitative estimate of drug-likeness (QED) is 0.815. The van der Waals surface area contributed by atoms with Gasteiger partial charge in [-0.25, -0.2) is 14.6 Å². The highest BCUT2D eigenvalue weighted by atomic mass is 35.5. The number of rotatable bonds is 1. The van der Waals surface area contributed by atoms with Gasteiger partial charge in [0, 0.05) is 0 Å². The van der Waals surface area contributed by atoms with Crippen molar-refractivity contribution in [2.75, 3.05) is 13.1 Å². The van der Waals surface area contributed by atoms with E-state index in [1.807, 2.05) is 4.68 Å². The Labute approximate surface area is 97.8 Å². The van der Waals surface area contributed by atoms with Crippen LogP contribution in [0.25, 0.3) is 11.2 Å². The first-order valence-corrected chi connectivity index (χ1v) is 5.79. The number of hydrogen-bond acceptors (Lipinski definition) is 4. The average molecular weight is 238 g/mol. The molecule has 0 atom stereocenters. The Bertz CT molecular complexity index is 503. The van der Waals surface area contributed by atoms with Crippen molar-refractivity contribution in [3.8, 4) is 0 Å². The minimum Gasteiger partial charge on any atom is -0.317 e. The molecule has 1 aliphatic heterocycles. The maximum atomic E-state index is 5.86. The summed E-state index contributed by atoms with van der Waals surface area (Å²) < 4.78 is 1.95. The van der Waals surface area contributed by atoms with Crippen LogP contribution in [0, 0.1) is 0 Å². The molecule has 0 amide bonds. The Balaban J connectivity index is 2.05. The Morgan fingerprint density at radius 2 is 2.12 bits per heavy atom. The molecule has 0 aliphatic carbocycles. The van der Waals surface area contributed by atoms with E-state index in [9.17, 15) is 0 Å². The highest BCUT2D eigenvalue weighted by Crippen LogP contribution is 2.22. The number of piperidine rings is 1. The first kappa shape index (κ1) is 9.99. The van der Waals surface area contributed by atoms with E-state index in [0.717, 1.165) is 37.1 Å². The van der Waals surface area contributed by atoms with Gasteiger partial charge in [0.25, 0.3) is 0 Å². The number of hydrogen-bond donors (Lipinski definition) is 1. The van der Waals surface area contributed by atoms with Crippen molar-refractivity contribution in [1.82, 2.24) is 25.1 Å². The highest BCUT2D eigenvalue weighted by Gasteiger charge is 2.18. The Morgan fingerprint density at radius 3 is 2.94 bits per heavy atom. The lowest BCUT2D eigenvalue weighted by Crippen LogP contribution is -2.29. The summed E-state index contributed by atoms with van der Waals surface area (Å²) in [5.74, 6) is 0. The van der Waals surface area contributed by atoms with Gasteiger partial charge in [-0.3, -0.25) is 0 Å². The molecule has 3 rings (SSSR count). The van der Waals surface area contributed by atoms with E-state index >= 15 is 0 Å². The van der Waals surface area contributed by atoms with Crippen LogP contribution in [0.3, 0.4) is 0 Å². The molecule has 0 spiro atoms. The average Bonchev–Trinajstić information content (AvgIpc) is 2.73. The third kappa shape index (κ3) is 1.66. The molecule has 1 fully saturated rings. The van der Waals surface area contributed by atoms with E-state index in [1.165, 1.54) is 0 Å².